The predicted octanol–water partition coefficient (Wildman–Crippen LogP) is 2.74. The van der Waals surface area contributed by atoms with E-state index in [2.05, 4.69) is 5.32 Å². The Morgan fingerprint density at radius 1 is 1.36 bits per heavy atom. The molecule has 0 amide bonds. The van der Waals surface area contributed by atoms with Crippen molar-refractivity contribution in [2.24, 2.45) is 5.92 Å². The van der Waals surface area contributed by atoms with Gasteiger partial charge in [-0.2, -0.15) is 18.4 Å². The van der Waals surface area contributed by atoms with E-state index in [9.17, 15) is 23.1 Å². The van der Waals surface area contributed by atoms with Crippen LogP contribution in [0.25, 0.3) is 0 Å². The molecule has 2 N–H and O–H groups in total. The molecule has 1 atom stereocenters. The molecule has 1 unspecified atom stereocenters. The van der Waals surface area contributed by atoms with Gasteiger partial charge in [-0.05, 0) is 55.6 Å². The summed E-state index contributed by atoms with van der Waals surface area (Å²) < 4.78 is 38.6. The molecule has 0 radical (unpaired) electrons. The number of carboxylic acids is 1. The van der Waals surface area contributed by atoms with Gasteiger partial charge in [0.2, 0.25) is 0 Å². The van der Waals surface area contributed by atoms with E-state index in [0.717, 1.165) is 18.2 Å². The molecule has 0 aromatic heterocycles. The predicted molar refractivity (Wildman–Crippen MR) is 72.1 cm³/mol. The van der Waals surface area contributed by atoms with Crippen molar-refractivity contribution in [3.63, 3.8) is 0 Å². The molecule has 2 rings (SSSR count). The third kappa shape index (κ3) is 3.39. The van der Waals surface area contributed by atoms with Crippen molar-refractivity contribution in [3.8, 4) is 6.07 Å². The van der Waals surface area contributed by atoms with Crippen LogP contribution >= 0.6 is 0 Å². The summed E-state index contributed by atoms with van der Waals surface area (Å²) in [5.74, 6) is -2.57. The lowest BCUT2D eigenvalue weighted by Gasteiger charge is -2.29. The molecule has 0 saturated carbocycles. The van der Waals surface area contributed by atoms with E-state index >= 15 is 0 Å². The fourth-order valence-electron chi connectivity index (χ4n) is 2.86. The third-order valence-electron chi connectivity index (χ3n) is 3.96. The van der Waals surface area contributed by atoms with Gasteiger partial charge in [-0.15, -0.1) is 0 Å². The van der Waals surface area contributed by atoms with Crippen LogP contribution in [0.5, 0.6) is 0 Å². The highest BCUT2D eigenvalue weighted by Gasteiger charge is 2.36. The highest BCUT2D eigenvalue weighted by atomic mass is 19.4. The second kappa shape index (κ2) is 6.36. The zero-order chi connectivity index (χ0) is 16.3. The number of alkyl halides is 3. The molecule has 7 heteroatoms. The van der Waals surface area contributed by atoms with Crippen molar-refractivity contribution in [1.29, 1.82) is 5.26 Å². The first kappa shape index (κ1) is 16.3. The van der Waals surface area contributed by atoms with Crippen molar-refractivity contribution >= 4 is 5.97 Å². The fourth-order valence-corrected chi connectivity index (χ4v) is 2.86. The summed E-state index contributed by atoms with van der Waals surface area (Å²) in [4.78, 5) is 11.6. The number of carboxylic acid groups (broad SMARTS) is 1. The van der Waals surface area contributed by atoms with Crippen LogP contribution in [0.1, 0.15) is 35.4 Å². The molecule has 1 aromatic carbocycles. The van der Waals surface area contributed by atoms with Gasteiger partial charge < -0.3 is 10.4 Å². The molecule has 4 nitrogen and oxygen atoms in total. The quantitative estimate of drug-likeness (QED) is 0.900. The van der Waals surface area contributed by atoms with E-state index in [0.29, 0.717) is 25.9 Å². The summed E-state index contributed by atoms with van der Waals surface area (Å²) in [6, 6.07) is 4.47. The number of nitrogens with zero attached hydrogens (tertiary/aromatic N) is 1. The molecule has 118 valence electrons. The molecule has 22 heavy (non-hydrogen) atoms. The summed E-state index contributed by atoms with van der Waals surface area (Å²) >= 11 is 0. The van der Waals surface area contributed by atoms with Crippen LogP contribution in [-0.2, 0) is 11.0 Å². The van der Waals surface area contributed by atoms with Crippen molar-refractivity contribution in [2.45, 2.75) is 24.9 Å². The van der Waals surface area contributed by atoms with Crippen LogP contribution in [0.4, 0.5) is 13.2 Å². The molecule has 1 aliphatic heterocycles. The van der Waals surface area contributed by atoms with Gasteiger partial charge in [0.05, 0.1) is 23.1 Å². The van der Waals surface area contributed by atoms with Crippen LogP contribution in [0.2, 0.25) is 0 Å². The minimum absolute atomic E-state index is 0.0149. The van der Waals surface area contributed by atoms with Crippen molar-refractivity contribution in [3.05, 3.63) is 34.9 Å². The Kier molecular flexibility index (Phi) is 4.71. The number of rotatable bonds is 3. The number of hydrogen-bond donors (Lipinski definition) is 2. The normalized spacial score (nSPS) is 17.7. The Labute approximate surface area is 125 Å². The number of halogens is 3. The zero-order valence-electron chi connectivity index (χ0n) is 11.7. The lowest BCUT2D eigenvalue weighted by atomic mass is 9.78. The summed E-state index contributed by atoms with van der Waals surface area (Å²) in [6.07, 6.45) is -3.46. The standard InChI is InChI=1S/C15H15F3N2O2/c16-15(17,18)11-2-1-10(8-19)12(7-11)13(14(21)22)9-3-5-20-6-4-9/h1-2,7,9,13,20H,3-6H2,(H,21,22). The summed E-state index contributed by atoms with van der Waals surface area (Å²) in [7, 11) is 0. The maximum atomic E-state index is 12.9. The lowest BCUT2D eigenvalue weighted by Crippen LogP contribution is -2.34. The van der Waals surface area contributed by atoms with Crippen molar-refractivity contribution in [1.82, 2.24) is 5.32 Å². The van der Waals surface area contributed by atoms with Gasteiger partial charge in [0.1, 0.15) is 0 Å². The number of hydrogen-bond acceptors (Lipinski definition) is 3. The van der Waals surface area contributed by atoms with Gasteiger partial charge in [-0.3, -0.25) is 4.79 Å². The largest absolute Gasteiger partial charge is 0.481 e. The molecule has 0 bridgehead atoms. The molecule has 1 aliphatic rings. The Bertz CT molecular complexity index is 602. The van der Waals surface area contributed by atoms with Crippen LogP contribution in [0, 0.1) is 17.2 Å². The van der Waals surface area contributed by atoms with E-state index in [1.54, 1.807) is 6.07 Å². The Balaban J connectivity index is 2.49. The average Bonchev–Trinajstić information content (AvgIpc) is 2.47. The Morgan fingerprint density at radius 2 is 2.00 bits per heavy atom. The maximum Gasteiger partial charge on any atom is 0.416 e. The molecular formula is C15H15F3N2O2. The Hall–Kier alpha value is -2.07. The molecular weight excluding hydrogens is 297 g/mol. The van der Waals surface area contributed by atoms with E-state index in [1.165, 1.54) is 0 Å². The van der Waals surface area contributed by atoms with E-state index in [1.807, 2.05) is 0 Å². The highest BCUT2D eigenvalue weighted by Crippen LogP contribution is 2.37. The lowest BCUT2D eigenvalue weighted by molar-refractivity contribution is -0.141. The molecule has 0 spiro atoms. The van der Waals surface area contributed by atoms with Crippen LogP contribution < -0.4 is 5.32 Å². The van der Waals surface area contributed by atoms with Crippen molar-refractivity contribution < 1.29 is 23.1 Å². The second-order valence-corrected chi connectivity index (χ2v) is 5.31. The molecule has 0 aliphatic carbocycles. The van der Waals surface area contributed by atoms with Gasteiger partial charge in [-0.1, -0.05) is 0 Å². The van der Waals surface area contributed by atoms with E-state index in [4.69, 9.17) is 5.26 Å². The molecule has 1 heterocycles. The minimum Gasteiger partial charge on any atom is -0.481 e. The van der Waals surface area contributed by atoms with Gasteiger partial charge >= 0.3 is 12.1 Å². The number of carbonyl (C=O) groups is 1. The molecule has 1 fully saturated rings. The molecule has 1 saturated heterocycles. The molecule has 1 aromatic rings. The monoisotopic (exact) mass is 312 g/mol. The maximum absolute atomic E-state index is 12.9. The smallest absolute Gasteiger partial charge is 0.416 e. The summed E-state index contributed by atoms with van der Waals surface area (Å²) in [6.45, 7) is 1.24. The van der Waals surface area contributed by atoms with Crippen LogP contribution in [0.3, 0.4) is 0 Å². The van der Waals surface area contributed by atoms with Crippen molar-refractivity contribution in [2.75, 3.05) is 13.1 Å². The van der Waals surface area contributed by atoms with Crippen LogP contribution in [-0.4, -0.2) is 24.2 Å². The van der Waals surface area contributed by atoms with E-state index < -0.39 is 23.6 Å². The highest BCUT2D eigenvalue weighted by molar-refractivity contribution is 5.78. The van der Waals surface area contributed by atoms with Gasteiger partial charge in [0, 0.05) is 0 Å². The number of aliphatic carboxylic acids is 1. The average molecular weight is 312 g/mol. The second-order valence-electron chi connectivity index (χ2n) is 5.31. The number of nitrogens with one attached hydrogen (secondary N) is 1. The first-order chi connectivity index (χ1) is 10.3. The van der Waals surface area contributed by atoms with Gasteiger partial charge in [0.15, 0.2) is 0 Å². The Morgan fingerprint density at radius 3 is 2.50 bits per heavy atom. The fraction of sp³-hybridized carbons (Fsp3) is 0.467. The number of piperidine rings is 1. The topological polar surface area (TPSA) is 73.1 Å². The van der Waals surface area contributed by atoms with Gasteiger partial charge in [-0.25, -0.2) is 0 Å². The first-order valence-electron chi connectivity index (χ1n) is 6.89. The summed E-state index contributed by atoms with van der Waals surface area (Å²) in [5.41, 5.74) is -0.989. The van der Waals surface area contributed by atoms with E-state index in [-0.39, 0.29) is 17.0 Å². The third-order valence-corrected chi connectivity index (χ3v) is 3.96. The minimum atomic E-state index is -4.57. The zero-order valence-corrected chi connectivity index (χ0v) is 11.7. The van der Waals surface area contributed by atoms with Gasteiger partial charge in [0.25, 0.3) is 0 Å². The number of nitriles is 1. The number of benzene rings is 1. The SMILES string of the molecule is N#Cc1ccc(C(F)(F)F)cc1C(C(=O)O)C1CCNCC1. The summed E-state index contributed by atoms with van der Waals surface area (Å²) in [5, 5.41) is 21.7. The first-order valence-corrected chi connectivity index (χ1v) is 6.89. The van der Waals surface area contributed by atoms with Crippen LogP contribution in [0.15, 0.2) is 18.2 Å².